The first kappa shape index (κ1) is 19.6. The van der Waals surface area contributed by atoms with Gasteiger partial charge in [-0.2, -0.15) is 14.9 Å². The molecule has 0 amide bonds. The highest BCUT2D eigenvalue weighted by molar-refractivity contribution is 7.71. The third-order valence-corrected chi connectivity index (χ3v) is 4.54. The SMILES string of the molecule is S=c1[nH]nc(COc2ccccc2)n1N=Cc1ccc(OCc2ccccc2)cc1. The molecule has 150 valence electrons. The van der Waals surface area contributed by atoms with Crippen LogP contribution in [0.2, 0.25) is 0 Å². The van der Waals surface area contributed by atoms with E-state index in [0.717, 1.165) is 22.6 Å². The Morgan fingerprint density at radius 3 is 2.20 bits per heavy atom. The molecule has 1 aromatic heterocycles. The summed E-state index contributed by atoms with van der Waals surface area (Å²) >= 11 is 5.28. The summed E-state index contributed by atoms with van der Waals surface area (Å²) in [5, 5.41) is 11.4. The fraction of sp³-hybridized carbons (Fsp3) is 0.0870. The lowest BCUT2D eigenvalue weighted by molar-refractivity contribution is 0.290. The molecule has 1 heterocycles. The number of hydrogen-bond donors (Lipinski definition) is 1. The average Bonchev–Trinajstić information content (AvgIpc) is 3.16. The van der Waals surface area contributed by atoms with E-state index < -0.39 is 0 Å². The van der Waals surface area contributed by atoms with E-state index in [-0.39, 0.29) is 6.61 Å². The molecule has 0 aliphatic rings. The van der Waals surface area contributed by atoms with Crippen molar-refractivity contribution >= 4 is 18.4 Å². The molecule has 0 aliphatic heterocycles. The lowest BCUT2D eigenvalue weighted by Crippen LogP contribution is -2.04. The summed E-state index contributed by atoms with van der Waals surface area (Å²) in [5.74, 6) is 2.14. The minimum absolute atomic E-state index is 0.251. The number of aromatic amines is 1. The molecule has 0 unspecified atom stereocenters. The first-order chi connectivity index (χ1) is 14.8. The fourth-order valence-corrected chi connectivity index (χ4v) is 2.91. The van der Waals surface area contributed by atoms with Gasteiger partial charge in [0.25, 0.3) is 0 Å². The van der Waals surface area contributed by atoms with E-state index in [1.807, 2.05) is 84.9 Å². The monoisotopic (exact) mass is 416 g/mol. The minimum Gasteiger partial charge on any atom is -0.489 e. The van der Waals surface area contributed by atoms with Gasteiger partial charge in [0.2, 0.25) is 4.77 Å². The van der Waals surface area contributed by atoms with Crippen molar-refractivity contribution in [2.75, 3.05) is 0 Å². The van der Waals surface area contributed by atoms with Gasteiger partial charge < -0.3 is 9.47 Å². The molecule has 6 nitrogen and oxygen atoms in total. The van der Waals surface area contributed by atoms with Crippen molar-refractivity contribution in [3.63, 3.8) is 0 Å². The van der Waals surface area contributed by atoms with Gasteiger partial charge in [-0.3, -0.25) is 0 Å². The van der Waals surface area contributed by atoms with E-state index >= 15 is 0 Å². The lowest BCUT2D eigenvalue weighted by atomic mass is 10.2. The number of ether oxygens (including phenoxy) is 2. The molecule has 0 aliphatic carbocycles. The number of nitrogens with zero attached hydrogens (tertiary/aromatic N) is 3. The molecule has 7 heteroatoms. The normalized spacial score (nSPS) is 10.9. The standard InChI is InChI=1S/C23H20N4O2S/c30-23-26-25-22(17-29-20-9-5-2-6-10-20)27(23)24-15-18-11-13-21(14-12-18)28-16-19-7-3-1-4-8-19/h1-15H,16-17H2,(H,26,30). The van der Waals surface area contributed by atoms with Crippen LogP contribution in [0.5, 0.6) is 11.5 Å². The predicted molar refractivity (Wildman–Crippen MR) is 118 cm³/mol. The largest absolute Gasteiger partial charge is 0.489 e. The number of aromatic nitrogens is 3. The number of nitrogens with one attached hydrogen (secondary N) is 1. The molecule has 4 rings (SSSR count). The van der Waals surface area contributed by atoms with Crippen LogP contribution in [-0.2, 0) is 13.2 Å². The highest BCUT2D eigenvalue weighted by atomic mass is 32.1. The summed E-state index contributed by atoms with van der Waals surface area (Å²) in [7, 11) is 0. The van der Waals surface area contributed by atoms with Gasteiger partial charge >= 0.3 is 0 Å². The molecular formula is C23H20N4O2S. The summed E-state index contributed by atoms with van der Waals surface area (Å²) in [5.41, 5.74) is 2.04. The van der Waals surface area contributed by atoms with Crippen molar-refractivity contribution < 1.29 is 9.47 Å². The Hall–Kier alpha value is -3.71. The van der Waals surface area contributed by atoms with Crippen LogP contribution in [0.25, 0.3) is 0 Å². The zero-order valence-corrected chi connectivity index (χ0v) is 17.0. The topological polar surface area (TPSA) is 64.4 Å². The number of hydrogen-bond acceptors (Lipinski definition) is 5. The third kappa shape index (κ3) is 5.21. The van der Waals surface area contributed by atoms with Crippen LogP contribution in [0.1, 0.15) is 17.0 Å². The van der Waals surface area contributed by atoms with Crippen LogP contribution in [0, 0.1) is 4.77 Å². The second kappa shape index (κ2) is 9.67. The Labute approximate surface area is 179 Å². The Balaban J connectivity index is 1.39. The highest BCUT2D eigenvalue weighted by Crippen LogP contribution is 2.14. The van der Waals surface area contributed by atoms with Crippen molar-refractivity contribution in [2.24, 2.45) is 5.10 Å². The molecule has 30 heavy (non-hydrogen) atoms. The Bertz CT molecular complexity index is 1150. The van der Waals surface area contributed by atoms with Gasteiger partial charge in [-0.25, -0.2) is 5.10 Å². The number of benzene rings is 3. The van der Waals surface area contributed by atoms with Crippen molar-refractivity contribution in [3.05, 3.63) is 107 Å². The quantitative estimate of drug-likeness (QED) is 0.325. The van der Waals surface area contributed by atoms with Gasteiger partial charge in [0, 0.05) is 0 Å². The first-order valence-corrected chi connectivity index (χ1v) is 9.84. The third-order valence-electron chi connectivity index (χ3n) is 4.28. The minimum atomic E-state index is 0.251. The van der Waals surface area contributed by atoms with E-state index in [2.05, 4.69) is 15.3 Å². The maximum atomic E-state index is 5.81. The summed E-state index contributed by atoms with van der Waals surface area (Å²) in [6.07, 6.45) is 1.72. The molecule has 0 saturated carbocycles. The van der Waals surface area contributed by atoms with E-state index in [0.29, 0.717) is 17.2 Å². The van der Waals surface area contributed by atoms with E-state index in [9.17, 15) is 0 Å². The van der Waals surface area contributed by atoms with Crippen LogP contribution in [0.3, 0.4) is 0 Å². The Morgan fingerprint density at radius 2 is 1.47 bits per heavy atom. The Kier molecular flexibility index (Phi) is 6.31. The van der Waals surface area contributed by atoms with Crippen LogP contribution in [0.15, 0.2) is 90.0 Å². The van der Waals surface area contributed by atoms with Crippen molar-refractivity contribution in [3.8, 4) is 11.5 Å². The van der Waals surface area contributed by atoms with Gasteiger partial charge in [-0.15, -0.1) is 0 Å². The van der Waals surface area contributed by atoms with Crippen LogP contribution in [0.4, 0.5) is 0 Å². The lowest BCUT2D eigenvalue weighted by Gasteiger charge is -2.06. The summed E-state index contributed by atoms with van der Waals surface area (Å²) in [6, 6.07) is 27.3. The van der Waals surface area contributed by atoms with Crippen LogP contribution < -0.4 is 9.47 Å². The van der Waals surface area contributed by atoms with E-state index in [1.54, 1.807) is 10.9 Å². The van der Waals surface area contributed by atoms with E-state index in [4.69, 9.17) is 21.7 Å². The van der Waals surface area contributed by atoms with Gasteiger partial charge in [0.1, 0.15) is 24.7 Å². The Morgan fingerprint density at radius 1 is 0.833 bits per heavy atom. The maximum absolute atomic E-state index is 5.81. The second-order valence-electron chi connectivity index (χ2n) is 6.45. The summed E-state index contributed by atoms with van der Waals surface area (Å²) in [4.78, 5) is 0. The molecule has 0 radical (unpaired) electrons. The van der Waals surface area contributed by atoms with Crippen molar-refractivity contribution in [1.82, 2.24) is 14.9 Å². The molecule has 0 saturated heterocycles. The van der Waals surface area contributed by atoms with Gasteiger partial charge in [-0.05, 0) is 59.7 Å². The van der Waals surface area contributed by atoms with Gasteiger partial charge in [0.05, 0.1) is 6.21 Å². The number of H-pyrrole nitrogens is 1. The highest BCUT2D eigenvalue weighted by Gasteiger charge is 2.06. The summed E-state index contributed by atoms with van der Waals surface area (Å²) in [6.45, 7) is 0.782. The number of para-hydroxylation sites is 1. The van der Waals surface area contributed by atoms with Crippen molar-refractivity contribution in [2.45, 2.75) is 13.2 Å². The zero-order valence-electron chi connectivity index (χ0n) is 16.1. The molecule has 0 atom stereocenters. The first-order valence-electron chi connectivity index (χ1n) is 9.43. The molecule has 4 aromatic rings. The summed E-state index contributed by atoms with van der Waals surface area (Å²) < 4.78 is 13.5. The van der Waals surface area contributed by atoms with E-state index in [1.165, 1.54) is 0 Å². The van der Waals surface area contributed by atoms with Crippen molar-refractivity contribution in [1.29, 1.82) is 0 Å². The molecule has 1 N–H and O–H groups in total. The average molecular weight is 417 g/mol. The molecule has 0 fully saturated rings. The predicted octanol–water partition coefficient (Wildman–Crippen LogP) is 4.98. The molecule has 3 aromatic carbocycles. The molecule has 0 bridgehead atoms. The molecular weight excluding hydrogens is 396 g/mol. The van der Waals surface area contributed by atoms with Crippen LogP contribution in [-0.4, -0.2) is 21.1 Å². The smallest absolute Gasteiger partial charge is 0.216 e. The fourth-order valence-electron chi connectivity index (χ4n) is 2.72. The zero-order chi connectivity index (χ0) is 20.6. The second-order valence-corrected chi connectivity index (χ2v) is 6.83. The van der Waals surface area contributed by atoms with Crippen LogP contribution >= 0.6 is 12.2 Å². The van der Waals surface area contributed by atoms with Gasteiger partial charge in [-0.1, -0.05) is 48.5 Å². The number of rotatable bonds is 8. The van der Waals surface area contributed by atoms with Gasteiger partial charge in [0.15, 0.2) is 5.82 Å². The maximum Gasteiger partial charge on any atom is 0.216 e. The molecule has 0 spiro atoms.